The number of thioether (sulfide) groups is 1. The number of carbonyl (C=O) groups excluding carboxylic acids is 1. The van der Waals surface area contributed by atoms with Gasteiger partial charge in [0, 0.05) is 11.8 Å². The van der Waals surface area contributed by atoms with Crippen LogP contribution in [0.4, 0.5) is 0 Å². The Morgan fingerprint density at radius 3 is 2.67 bits per heavy atom. The van der Waals surface area contributed by atoms with E-state index in [-0.39, 0.29) is 5.91 Å². The van der Waals surface area contributed by atoms with Crippen LogP contribution in [0.1, 0.15) is 25.7 Å². The van der Waals surface area contributed by atoms with Crippen molar-refractivity contribution in [1.82, 2.24) is 5.32 Å². The summed E-state index contributed by atoms with van der Waals surface area (Å²) in [6, 6.07) is 0. The van der Waals surface area contributed by atoms with E-state index in [0.717, 1.165) is 12.2 Å². The zero-order valence-corrected chi connectivity index (χ0v) is 9.31. The molecule has 2 N–H and O–H groups in total. The van der Waals surface area contributed by atoms with Gasteiger partial charge in [-0.15, -0.1) is 0 Å². The van der Waals surface area contributed by atoms with Gasteiger partial charge in [0.15, 0.2) is 0 Å². The van der Waals surface area contributed by atoms with E-state index in [1.165, 1.54) is 6.42 Å². The lowest BCUT2D eigenvalue weighted by Gasteiger charge is -2.13. The topological polar surface area (TPSA) is 66.4 Å². The number of hydrogen-bond donors (Lipinski definition) is 2. The van der Waals surface area contributed by atoms with Crippen LogP contribution in [0.25, 0.3) is 0 Å². The quantitative estimate of drug-likeness (QED) is 0.702. The zero-order chi connectivity index (χ0) is 10.9. The summed E-state index contributed by atoms with van der Waals surface area (Å²) in [4.78, 5) is 22.5. The van der Waals surface area contributed by atoms with Crippen molar-refractivity contribution in [1.29, 1.82) is 0 Å². The third kappa shape index (κ3) is 2.12. The maximum atomic E-state index is 11.6. The van der Waals surface area contributed by atoms with E-state index in [0.29, 0.717) is 24.6 Å². The second-order valence-electron chi connectivity index (χ2n) is 4.23. The molecule has 1 saturated carbocycles. The van der Waals surface area contributed by atoms with E-state index in [4.69, 9.17) is 5.11 Å². The molecule has 15 heavy (non-hydrogen) atoms. The second kappa shape index (κ2) is 4.04. The standard InChI is InChI=1S/C10H15NO3S/c12-8(10(3-4-10)9(13)14)11-6-7-2-1-5-15-7/h7H,1-6H2,(H,11,12)(H,13,14). The summed E-state index contributed by atoms with van der Waals surface area (Å²) in [5.74, 6) is -0.105. The number of aliphatic carboxylic acids is 1. The van der Waals surface area contributed by atoms with Crippen molar-refractivity contribution >= 4 is 23.6 Å². The molecule has 4 nitrogen and oxygen atoms in total. The number of hydrogen-bond acceptors (Lipinski definition) is 3. The Morgan fingerprint density at radius 1 is 1.47 bits per heavy atom. The van der Waals surface area contributed by atoms with Crippen molar-refractivity contribution in [2.45, 2.75) is 30.9 Å². The summed E-state index contributed by atoms with van der Waals surface area (Å²) in [6.07, 6.45) is 3.32. The highest BCUT2D eigenvalue weighted by atomic mass is 32.2. The van der Waals surface area contributed by atoms with Gasteiger partial charge in [-0.2, -0.15) is 11.8 Å². The predicted molar refractivity (Wildman–Crippen MR) is 57.8 cm³/mol. The molecule has 1 saturated heterocycles. The maximum Gasteiger partial charge on any atom is 0.319 e. The van der Waals surface area contributed by atoms with Gasteiger partial charge in [0.1, 0.15) is 5.41 Å². The molecule has 0 aromatic carbocycles. The summed E-state index contributed by atoms with van der Waals surface area (Å²) >= 11 is 1.86. The molecule has 0 radical (unpaired) electrons. The van der Waals surface area contributed by atoms with E-state index >= 15 is 0 Å². The van der Waals surface area contributed by atoms with Gasteiger partial charge >= 0.3 is 5.97 Å². The first-order chi connectivity index (χ1) is 7.15. The summed E-state index contributed by atoms with van der Waals surface area (Å²) in [5.41, 5.74) is -1.08. The van der Waals surface area contributed by atoms with Gasteiger partial charge in [-0.1, -0.05) is 0 Å². The van der Waals surface area contributed by atoms with Gasteiger partial charge in [0.25, 0.3) is 0 Å². The van der Waals surface area contributed by atoms with E-state index < -0.39 is 11.4 Å². The fourth-order valence-electron chi connectivity index (χ4n) is 1.84. The Kier molecular flexibility index (Phi) is 2.91. The molecule has 84 valence electrons. The summed E-state index contributed by atoms with van der Waals surface area (Å²) in [5, 5.41) is 12.2. The monoisotopic (exact) mass is 229 g/mol. The summed E-state index contributed by atoms with van der Waals surface area (Å²) < 4.78 is 0. The van der Waals surface area contributed by atoms with E-state index in [9.17, 15) is 9.59 Å². The predicted octanol–water partition coefficient (Wildman–Crippen LogP) is 0.863. The molecule has 1 aliphatic heterocycles. The van der Waals surface area contributed by atoms with Crippen LogP contribution in [-0.4, -0.2) is 34.5 Å². The molecule has 0 aromatic rings. The van der Waals surface area contributed by atoms with Crippen LogP contribution in [-0.2, 0) is 9.59 Å². The molecule has 1 unspecified atom stereocenters. The smallest absolute Gasteiger partial charge is 0.319 e. The maximum absolute atomic E-state index is 11.6. The van der Waals surface area contributed by atoms with Gasteiger partial charge < -0.3 is 10.4 Å². The Labute approximate surface area is 92.8 Å². The first-order valence-electron chi connectivity index (χ1n) is 5.28. The van der Waals surface area contributed by atoms with Gasteiger partial charge in [-0.3, -0.25) is 9.59 Å². The minimum Gasteiger partial charge on any atom is -0.480 e. The lowest BCUT2D eigenvalue weighted by atomic mass is 10.1. The molecule has 2 aliphatic rings. The summed E-state index contributed by atoms with van der Waals surface area (Å²) in [7, 11) is 0. The van der Waals surface area contributed by atoms with Crippen LogP contribution in [0.15, 0.2) is 0 Å². The minimum absolute atomic E-state index is 0.289. The van der Waals surface area contributed by atoms with Crippen LogP contribution in [0.5, 0.6) is 0 Å². The van der Waals surface area contributed by atoms with E-state index in [1.54, 1.807) is 0 Å². The Balaban J connectivity index is 1.79. The molecular formula is C10H15NO3S. The summed E-state index contributed by atoms with van der Waals surface area (Å²) in [6.45, 7) is 0.624. The van der Waals surface area contributed by atoms with Gasteiger partial charge in [-0.25, -0.2) is 0 Å². The first-order valence-corrected chi connectivity index (χ1v) is 6.33. The van der Waals surface area contributed by atoms with Crippen LogP contribution in [0.3, 0.4) is 0 Å². The number of carbonyl (C=O) groups is 2. The lowest BCUT2D eigenvalue weighted by Crippen LogP contribution is -2.39. The molecule has 1 amide bonds. The van der Waals surface area contributed by atoms with Gasteiger partial charge in [0.2, 0.25) is 5.91 Å². The Morgan fingerprint density at radius 2 is 2.20 bits per heavy atom. The highest BCUT2D eigenvalue weighted by Gasteiger charge is 2.57. The van der Waals surface area contributed by atoms with Crippen molar-refractivity contribution in [2.75, 3.05) is 12.3 Å². The fraction of sp³-hybridized carbons (Fsp3) is 0.800. The Hall–Kier alpha value is -0.710. The number of carboxylic acids is 1. The third-order valence-electron chi connectivity index (χ3n) is 3.11. The molecule has 1 atom stereocenters. The lowest BCUT2D eigenvalue weighted by molar-refractivity contribution is -0.149. The zero-order valence-electron chi connectivity index (χ0n) is 8.49. The average Bonchev–Trinajstić information content (AvgIpc) is 2.87. The second-order valence-corrected chi connectivity index (χ2v) is 5.64. The molecule has 2 rings (SSSR count). The SMILES string of the molecule is O=C(O)C1(C(=O)NCC2CCCS2)CC1. The van der Waals surface area contributed by atoms with E-state index in [1.807, 2.05) is 11.8 Å². The largest absolute Gasteiger partial charge is 0.480 e. The fourth-order valence-corrected chi connectivity index (χ4v) is 3.05. The molecule has 1 heterocycles. The number of carboxylic acid groups (broad SMARTS) is 1. The first kappa shape index (κ1) is 10.8. The third-order valence-corrected chi connectivity index (χ3v) is 4.51. The molecule has 0 aromatic heterocycles. The molecule has 2 fully saturated rings. The van der Waals surface area contributed by atoms with E-state index in [2.05, 4.69) is 5.32 Å². The van der Waals surface area contributed by atoms with Crippen LogP contribution < -0.4 is 5.32 Å². The molecule has 5 heteroatoms. The van der Waals surface area contributed by atoms with Crippen molar-refractivity contribution < 1.29 is 14.7 Å². The van der Waals surface area contributed by atoms with Crippen LogP contribution in [0.2, 0.25) is 0 Å². The van der Waals surface area contributed by atoms with Crippen molar-refractivity contribution in [3.05, 3.63) is 0 Å². The van der Waals surface area contributed by atoms with Gasteiger partial charge in [-0.05, 0) is 31.4 Å². The molecular weight excluding hydrogens is 214 g/mol. The highest BCUT2D eigenvalue weighted by molar-refractivity contribution is 8.00. The van der Waals surface area contributed by atoms with Crippen molar-refractivity contribution in [3.63, 3.8) is 0 Å². The van der Waals surface area contributed by atoms with Crippen molar-refractivity contribution in [2.24, 2.45) is 5.41 Å². The van der Waals surface area contributed by atoms with Crippen LogP contribution in [0, 0.1) is 5.41 Å². The van der Waals surface area contributed by atoms with Crippen LogP contribution >= 0.6 is 11.8 Å². The molecule has 0 spiro atoms. The van der Waals surface area contributed by atoms with Gasteiger partial charge in [0.05, 0.1) is 0 Å². The number of amides is 1. The minimum atomic E-state index is -1.08. The molecule has 0 bridgehead atoms. The Bertz CT molecular complexity index is 282. The number of nitrogens with one attached hydrogen (secondary N) is 1. The highest BCUT2D eigenvalue weighted by Crippen LogP contribution is 2.46. The average molecular weight is 229 g/mol. The molecule has 1 aliphatic carbocycles. The number of rotatable bonds is 4. The normalized spacial score (nSPS) is 27.3. The van der Waals surface area contributed by atoms with Crippen molar-refractivity contribution in [3.8, 4) is 0 Å².